The van der Waals surface area contributed by atoms with Crippen LogP contribution in [0.2, 0.25) is 0 Å². The molecule has 0 aliphatic carbocycles. The molecule has 0 spiro atoms. The third-order valence-corrected chi connectivity index (χ3v) is 14.1. The van der Waals surface area contributed by atoms with Crippen LogP contribution < -0.4 is 30.1 Å². The van der Waals surface area contributed by atoms with Gasteiger partial charge >= 0.3 is 5.97 Å². The molecule has 0 atom stereocenters. The molecule has 0 bridgehead atoms. The Labute approximate surface area is 423 Å². The number of carbonyl (C=O) groups is 5. The number of hydrogen-bond donors (Lipinski definition) is 1. The van der Waals surface area contributed by atoms with Gasteiger partial charge in [-0.15, -0.1) is 10.2 Å². The van der Waals surface area contributed by atoms with Crippen LogP contribution in [0.1, 0.15) is 95.1 Å². The first-order valence-electron chi connectivity index (χ1n) is 25.7. The molecule has 4 aromatic rings. The molecule has 6 aliphatic rings. The van der Waals surface area contributed by atoms with Gasteiger partial charge in [-0.25, -0.2) is 14.4 Å². The third-order valence-electron chi connectivity index (χ3n) is 14.1. The standard InChI is InChI=1S/C55H61N7O11/c1-59(58-57-39-16-14-38(15-17-39)56-46(63)20-26-68-28-30-70-32-33-71-31-29-69-27-21-49(66)73-62-47(64)18-19-48(62)65)55(67)41-11-3-2-10-40(41)50-44-34-36-8-4-22-60-24-6-12-42(51(36)60)53(44)72-54-43-13-7-25-61-23-5-9-37(52(43)61)35-45(50)54/h2-3,10-11,14-17,34-35H,4-9,12-13,18-33H2,1H3/p+1. The fraction of sp³-hybridized carbons (Fsp3) is 0.455. The maximum Gasteiger partial charge on any atom is 0.335 e. The van der Waals surface area contributed by atoms with Crippen LogP contribution in [0.4, 0.5) is 17.1 Å². The van der Waals surface area contributed by atoms with Crippen LogP contribution >= 0.6 is 0 Å². The second-order valence-electron chi connectivity index (χ2n) is 19.0. The second kappa shape index (κ2) is 22.9. The lowest BCUT2D eigenvalue weighted by Crippen LogP contribution is -2.45. The van der Waals surface area contributed by atoms with Gasteiger partial charge in [0.25, 0.3) is 17.7 Å². The van der Waals surface area contributed by atoms with Gasteiger partial charge in [0, 0.05) is 90.2 Å². The Balaban J connectivity index is 0.705. The van der Waals surface area contributed by atoms with Gasteiger partial charge in [0.05, 0.1) is 76.9 Å². The number of carbonyl (C=O) groups excluding carboxylic acids is 5. The maximum absolute atomic E-state index is 14.6. The second-order valence-corrected chi connectivity index (χ2v) is 19.0. The van der Waals surface area contributed by atoms with Crippen molar-refractivity contribution in [2.75, 3.05) is 96.3 Å². The van der Waals surface area contributed by atoms with E-state index >= 15 is 0 Å². The van der Waals surface area contributed by atoms with Gasteiger partial charge in [-0.2, -0.15) is 0 Å². The van der Waals surface area contributed by atoms with E-state index in [9.17, 15) is 24.0 Å². The minimum atomic E-state index is -0.719. The summed E-state index contributed by atoms with van der Waals surface area (Å²) >= 11 is 0. The number of amides is 4. The number of nitrogens with zero attached hydrogens (tertiary/aromatic N) is 6. The van der Waals surface area contributed by atoms with Crippen LogP contribution in [0.3, 0.4) is 0 Å². The molecule has 1 fully saturated rings. The predicted molar refractivity (Wildman–Crippen MR) is 268 cm³/mol. The minimum absolute atomic E-state index is 0.0417. The zero-order valence-corrected chi connectivity index (χ0v) is 41.4. The van der Waals surface area contributed by atoms with Gasteiger partial charge in [-0.05, 0) is 92.1 Å². The quantitative estimate of drug-likeness (QED) is 0.0330. The van der Waals surface area contributed by atoms with Gasteiger partial charge in [-0.1, -0.05) is 23.4 Å². The molecule has 0 saturated carbocycles. The smallest absolute Gasteiger partial charge is 0.335 e. The van der Waals surface area contributed by atoms with E-state index in [1.165, 1.54) is 38.3 Å². The molecule has 10 rings (SSSR count). The highest BCUT2D eigenvalue weighted by Crippen LogP contribution is 2.49. The number of benzene rings is 4. The highest BCUT2D eigenvalue weighted by molar-refractivity contribution is 6.03. The summed E-state index contributed by atoms with van der Waals surface area (Å²) in [7, 11) is 1.63. The Hall–Kier alpha value is -6.86. The van der Waals surface area contributed by atoms with Crippen molar-refractivity contribution in [3.05, 3.63) is 110 Å². The zero-order valence-electron chi connectivity index (χ0n) is 41.4. The SMILES string of the molecule is CN(N=Nc1ccc(NC(=O)CCOCCOCCOCCOCCC(=O)ON2C(=O)CCC2=O)cc1)C(=O)c1ccccc1C1=c2cc3c4c(c2Oc2c1cc1c5c2CCCN5CCC1)CCC[N+]=4CCC3. The van der Waals surface area contributed by atoms with E-state index in [2.05, 4.69) is 43.3 Å². The summed E-state index contributed by atoms with van der Waals surface area (Å²) in [6.45, 7) is 6.40. The highest BCUT2D eigenvalue weighted by atomic mass is 16.7. The Morgan fingerprint density at radius 2 is 1.34 bits per heavy atom. The Kier molecular flexibility index (Phi) is 15.6. The average Bonchev–Trinajstić information content (AvgIpc) is 3.72. The molecule has 4 amide bonds. The number of fused-ring (bicyclic) bond motifs is 4. The molecular weight excluding hydrogens is 935 g/mol. The molecule has 6 aliphatic heterocycles. The molecule has 18 nitrogen and oxygen atoms in total. The van der Waals surface area contributed by atoms with Crippen molar-refractivity contribution in [1.29, 1.82) is 0 Å². The minimum Gasteiger partial charge on any atom is -0.455 e. The first kappa shape index (κ1) is 49.7. The lowest BCUT2D eigenvalue weighted by atomic mass is 9.81. The average molecular weight is 997 g/mol. The molecule has 1 N–H and O–H groups in total. The van der Waals surface area contributed by atoms with Crippen LogP contribution in [-0.4, -0.2) is 126 Å². The van der Waals surface area contributed by atoms with E-state index in [1.807, 2.05) is 18.2 Å². The van der Waals surface area contributed by atoms with Crippen molar-refractivity contribution in [3.63, 3.8) is 0 Å². The summed E-state index contributed by atoms with van der Waals surface area (Å²) < 4.78 is 31.6. The van der Waals surface area contributed by atoms with Crippen LogP contribution in [0.25, 0.3) is 5.57 Å². The number of nitrogens with one attached hydrogen (secondary N) is 1. The topological polar surface area (TPSA) is 190 Å². The summed E-state index contributed by atoms with van der Waals surface area (Å²) in [4.78, 5) is 69.4. The van der Waals surface area contributed by atoms with E-state index in [1.54, 1.807) is 31.3 Å². The Morgan fingerprint density at radius 1 is 0.699 bits per heavy atom. The summed E-state index contributed by atoms with van der Waals surface area (Å²) in [6.07, 6.45) is 8.50. The number of aryl methyl sites for hydroxylation is 2. The molecule has 0 aromatic heterocycles. The van der Waals surface area contributed by atoms with Gasteiger partial charge in [0.2, 0.25) is 11.3 Å². The van der Waals surface area contributed by atoms with Crippen LogP contribution in [-0.2, 0) is 68.6 Å². The Bertz CT molecular complexity index is 2940. The van der Waals surface area contributed by atoms with Gasteiger partial charge in [-0.3, -0.25) is 19.2 Å². The number of rotatable bonds is 21. The van der Waals surface area contributed by atoms with E-state index in [0.29, 0.717) is 55.0 Å². The highest BCUT2D eigenvalue weighted by Gasteiger charge is 2.37. The monoisotopic (exact) mass is 996 g/mol. The number of anilines is 2. The Morgan fingerprint density at radius 3 is 2.08 bits per heavy atom. The normalized spacial score (nSPS) is 16.5. The summed E-state index contributed by atoms with van der Waals surface area (Å²) in [6, 6.07) is 19.5. The van der Waals surface area contributed by atoms with Crippen molar-refractivity contribution in [3.8, 4) is 11.5 Å². The van der Waals surface area contributed by atoms with E-state index in [0.717, 1.165) is 111 Å². The lowest BCUT2D eigenvalue weighted by molar-refractivity contribution is -0.198. The summed E-state index contributed by atoms with van der Waals surface area (Å²) in [5.74, 6) is -0.367. The fourth-order valence-corrected chi connectivity index (χ4v) is 10.7. The molecule has 6 heterocycles. The number of hydroxylamine groups is 2. The maximum atomic E-state index is 14.6. The molecule has 0 radical (unpaired) electrons. The number of ether oxygens (including phenoxy) is 5. The van der Waals surface area contributed by atoms with Gasteiger partial charge in [0.15, 0.2) is 0 Å². The van der Waals surface area contributed by atoms with E-state index < -0.39 is 17.8 Å². The first-order chi connectivity index (χ1) is 35.7. The fourth-order valence-electron chi connectivity index (χ4n) is 10.7. The van der Waals surface area contributed by atoms with Crippen molar-refractivity contribution in [2.24, 2.45) is 10.3 Å². The molecule has 382 valence electrons. The van der Waals surface area contributed by atoms with Crippen molar-refractivity contribution in [1.82, 2.24) is 14.6 Å². The predicted octanol–water partition coefficient (Wildman–Crippen LogP) is 5.29. The van der Waals surface area contributed by atoms with Crippen molar-refractivity contribution in [2.45, 2.75) is 77.0 Å². The zero-order chi connectivity index (χ0) is 50.3. The van der Waals surface area contributed by atoms with Crippen molar-refractivity contribution >= 4 is 52.2 Å². The third kappa shape index (κ3) is 11.1. The summed E-state index contributed by atoms with van der Waals surface area (Å²) in [5, 5.41) is 15.9. The molecular formula is C55H62N7O11+. The van der Waals surface area contributed by atoms with E-state index in [-0.39, 0.29) is 57.3 Å². The largest absolute Gasteiger partial charge is 0.455 e. The van der Waals surface area contributed by atoms with Crippen molar-refractivity contribution < 1.29 is 52.5 Å². The molecule has 18 heteroatoms. The molecule has 73 heavy (non-hydrogen) atoms. The number of hydrogen-bond acceptors (Lipinski definition) is 14. The number of imide groups is 1. The summed E-state index contributed by atoms with van der Waals surface area (Å²) in [5.41, 5.74) is 11.3. The van der Waals surface area contributed by atoms with Crippen LogP contribution in [0, 0.1) is 0 Å². The molecule has 1 saturated heterocycles. The van der Waals surface area contributed by atoms with Gasteiger partial charge < -0.3 is 38.7 Å². The first-order valence-corrected chi connectivity index (χ1v) is 25.7. The van der Waals surface area contributed by atoms with Crippen LogP contribution in [0.15, 0.2) is 71.0 Å². The van der Waals surface area contributed by atoms with E-state index in [4.69, 9.17) is 28.5 Å². The molecule has 0 unspecified atom stereocenters. The van der Waals surface area contributed by atoms with Crippen LogP contribution in [0.5, 0.6) is 11.5 Å². The molecule has 4 aromatic carbocycles. The van der Waals surface area contributed by atoms with Gasteiger partial charge in [0.1, 0.15) is 24.6 Å². The lowest BCUT2D eigenvalue weighted by Gasteiger charge is -2.39.